The van der Waals surface area contributed by atoms with Crippen LogP contribution in [0.2, 0.25) is 0 Å². The van der Waals surface area contributed by atoms with Crippen molar-refractivity contribution in [1.82, 2.24) is 0 Å². The summed E-state index contributed by atoms with van der Waals surface area (Å²) in [5, 5.41) is 7.42. The fourth-order valence-electron chi connectivity index (χ4n) is 1.98. The van der Waals surface area contributed by atoms with Gasteiger partial charge in [0.1, 0.15) is 0 Å². The zero-order chi connectivity index (χ0) is 18.5. The summed E-state index contributed by atoms with van der Waals surface area (Å²) in [5.74, 6) is -0.998. The maximum absolute atomic E-state index is 10.5. The van der Waals surface area contributed by atoms with Gasteiger partial charge in [0.15, 0.2) is 0 Å². The summed E-state index contributed by atoms with van der Waals surface area (Å²) >= 11 is 0. The van der Waals surface area contributed by atoms with Crippen molar-refractivity contribution in [2.24, 2.45) is 0 Å². The highest BCUT2D eigenvalue weighted by atomic mass is 16.5. The number of hydrogen-bond donors (Lipinski definition) is 1. The molecule has 0 atom stereocenters. The summed E-state index contributed by atoms with van der Waals surface area (Å²) in [6.07, 6.45) is 21.1. The highest BCUT2D eigenvalue weighted by Gasteiger charge is 1.94. The van der Waals surface area contributed by atoms with E-state index in [1.54, 1.807) is 0 Å². The van der Waals surface area contributed by atoms with E-state index in [1.807, 2.05) is 0 Å². The molecule has 24 heavy (non-hydrogen) atoms. The molecule has 0 radical (unpaired) electrons. The van der Waals surface area contributed by atoms with Gasteiger partial charge in [0, 0.05) is 13.8 Å². The third-order valence-electron chi connectivity index (χ3n) is 3.16. The van der Waals surface area contributed by atoms with Crippen molar-refractivity contribution in [2.45, 2.75) is 85.0 Å². The lowest BCUT2D eigenvalue weighted by Gasteiger charge is -2.02. The minimum atomic E-state index is -0.833. The Hall–Kier alpha value is -1.58. The molecule has 4 heteroatoms. The second-order valence-corrected chi connectivity index (χ2v) is 5.77. The molecule has 0 spiro atoms. The molecule has 0 aliphatic rings. The molecule has 4 nitrogen and oxygen atoms in total. The molecule has 0 aliphatic heterocycles. The largest absolute Gasteiger partial charge is 0.481 e. The number of allylic oxidation sites excluding steroid dienone is 4. The Labute approximate surface area is 148 Å². The van der Waals surface area contributed by atoms with Crippen molar-refractivity contribution in [3.05, 3.63) is 24.3 Å². The van der Waals surface area contributed by atoms with Crippen molar-refractivity contribution < 1.29 is 19.4 Å². The third-order valence-corrected chi connectivity index (χ3v) is 3.16. The van der Waals surface area contributed by atoms with E-state index in [-0.39, 0.29) is 5.97 Å². The van der Waals surface area contributed by atoms with Crippen LogP contribution in [0.1, 0.15) is 85.0 Å². The topological polar surface area (TPSA) is 63.6 Å². The summed E-state index contributed by atoms with van der Waals surface area (Å²) in [7, 11) is 0. The first-order valence-corrected chi connectivity index (χ1v) is 9.15. The molecule has 0 aromatic heterocycles. The van der Waals surface area contributed by atoms with Gasteiger partial charge in [-0.1, -0.05) is 69.8 Å². The summed E-state index contributed by atoms with van der Waals surface area (Å²) in [5.41, 5.74) is 0. The molecule has 140 valence electrons. The first-order valence-electron chi connectivity index (χ1n) is 9.15. The zero-order valence-corrected chi connectivity index (χ0v) is 15.8. The van der Waals surface area contributed by atoms with Gasteiger partial charge in [0.05, 0.1) is 6.61 Å². The van der Waals surface area contributed by atoms with E-state index in [0.29, 0.717) is 6.61 Å². The number of ether oxygens (including phenoxy) is 1. The molecule has 0 rings (SSSR count). The Kier molecular flexibility index (Phi) is 22.0. The predicted molar refractivity (Wildman–Crippen MR) is 100 cm³/mol. The maximum atomic E-state index is 10.5. The van der Waals surface area contributed by atoms with Gasteiger partial charge in [-0.3, -0.25) is 9.59 Å². The molecule has 0 heterocycles. The number of carbonyl (C=O) groups is 2. The van der Waals surface area contributed by atoms with Gasteiger partial charge in [-0.2, -0.15) is 0 Å². The molecule has 0 amide bonds. The van der Waals surface area contributed by atoms with Crippen molar-refractivity contribution >= 4 is 11.9 Å². The van der Waals surface area contributed by atoms with E-state index >= 15 is 0 Å². The quantitative estimate of drug-likeness (QED) is 0.266. The van der Waals surface area contributed by atoms with Gasteiger partial charge < -0.3 is 9.84 Å². The number of carboxylic acid groups (broad SMARTS) is 1. The standard InChI is InChI=1S/C18H32O2.C2H4O2/c1-3-4-5-6-7-8-9-10-11-12-13-14-15-16-17-20-18(2)19;1-2(3)4/h5-8H,3-4,9-17H2,1-2H3;1H3,(H,3,4)/b6-5+,8-7-;. The Morgan fingerprint density at radius 3 is 1.79 bits per heavy atom. The summed E-state index contributed by atoms with van der Waals surface area (Å²) in [6, 6.07) is 0. The van der Waals surface area contributed by atoms with Gasteiger partial charge in [-0.05, 0) is 25.7 Å². The molecule has 0 aliphatic carbocycles. The van der Waals surface area contributed by atoms with E-state index in [2.05, 4.69) is 31.2 Å². The highest BCUT2D eigenvalue weighted by molar-refractivity contribution is 5.65. The number of carbonyl (C=O) groups excluding carboxylic acids is 1. The number of rotatable bonds is 13. The van der Waals surface area contributed by atoms with Crippen LogP contribution < -0.4 is 0 Å². The van der Waals surface area contributed by atoms with Crippen LogP contribution in [0.15, 0.2) is 24.3 Å². The number of esters is 1. The van der Waals surface area contributed by atoms with E-state index < -0.39 is 5.97 Å². The molecule has 0 aromatic carbocycles. The lowest BCUT2D eigenvalue weighted by Crippen LogP contribution is -1.99. The van der Waals surface area contributed by atoms with E-state index in [1.165, 1.54) is 64.7 Å². The maximum Gasteiger partial charge on any atom is 0.302 e. The number of carboxylic acids is 1. The van der Waals surface area contributed by atoms with Crippen molar-refractivity contribution in [3.63, 3.8) is 0 Å². The fraction of sp³-hybridized carbons (Fsp3) is 0.700. The Balaban J connectivity index is 0. The second kappa shape index (κ2) is 21.4. The van der Waals surface area contributed by atoms with Gasteiger partial charge >= 0.3 is 5.97 Å². The number of hydrogen-bond acceptors (Lipinski definition) is 3. The SMILES string of the molecule is CC(=O)O.CCC/C=C/C=C\CCCCCCCCCOC(C)=O. The van der Waals surface area contributed by atoms with E-state index in [9.17, 15) is 4.79 Å². The normalized spacial score (nSPS) is 10.6. The minimum absolute atomic E-state index is 0.164. The average Bonchev–Trinajstić information content (AvgIpc) is 2.50. The van der Waals surface area contributed by atoms with Crippen molar-refractivity contribution in [1.29, 1.82) is 0 Å². The average molecular weight is 341 g/mol. The summed E-state index contributed by atoms with van der Waals surface area (Å²) in [6.45, 7) is 5.34. The minimum Gasteiger partial charge on any atom is -0.481 e. The third kappa shape index (κ3) is 32.4. The molecule has 0 aromatic rings. The first-order chi connectivity index (χ1) is 11.5. The molecular formula is C20H36O4. The van der Waals surface area contributed by atoms with Crippen LogP contribution in [0.3, 0.4) is 0 Å². The second-order valence-electron chi connectivity index (χ2n) is 5.77. The molecule has 0 saturated carbocycles. The molecule has 1 N–H and O–H groups in total. The van der Waals surface area contributed by atoms with Gasteiger partial charge in [0.2, 0.25) is 0 Å². The number of unbranched alkanes of at least 4 members (excludes halogenated alkanes) is 8. The van der Waals surface area contributed by atoms with Gasteiger partial charge in [0.25, 0.3) is 5.97 Å². The molecule has 0 saturated heterocycles. The smallest absolute Gasteiger partial charge is 0.302 e. The van der Waals surface area contributed by atoms with Crippen LogP contribution in [0.4, 0.5) is 0 Å². The Morgan fingerprint density at radius 1 is 0.833 bits per heavy atom. The lowest BCUT2D eigenvalue weighted by molar-refractivity contribution is -0.141. The predicted octanol–water partition coefficient (Wildman–Crippen LogP) is 5.67. The summed E-state index contributed by atoms with van der Waals surface area (Å²) < 4.78 is 4.90. The van der Waals surface area contributed by atoms with Crippen LogP contribution in [-0.4, -0.2) is 23.7 Å². The Morgan fingerprint density at radius 2 is 1.29 bits per heavy atom. The zero-order valence-electron chi connectivity index (χ0n) is 15.8. The van der Waals surface area contributed by atoms with E-state index in [0.717, 1.165) is 13.3 Å². The molecule has 0 fully saturated rings. The van der Waals surface area contributed by atoms with E-state index in [4.69, 9.17) is 14.6 Å². The van der Waals surface area contributed by atoms with Crippen molar-refractivity contribution in [2.75, 3.05) is 6.61 Å². The Bertz CT molecular complexity index is 342. The van der Waals surface area contributed by atoms with Crippen LogP contribution >= 0.6 is 0 Å². The van der Waals surface area contributed by atoms with Crippen LogP contribution in [0, 0.1) is 0 Å². The van der Waals surface area contributed by atoms with Crippen LogP contribution in [-0.2, 0) is 14.3 Å². The van der Waals surface area contributed by atoms with Crippen LogP contribution in [0.25, 0.3) is 0 Å². The van der Waals surface area contributed by atoms with Gasteiger partial charge in [-0.15, -0.1) is 0 Å². The highest BCUT2D eigenvalue weighted by Crippen LogP contribution is 2.09. The molecule has 0 unspecified atom stereocenters. The lowest BCUT2D eigenvalue weighted by atomic mass is 10.1. The van der Waals surface area contributed by atoms with Gasteiger partial charge in [-0.25, -0.2) is 0 Å². The monoisotopic (exact) mass is 340 g/mol. The van der Waals surface area contributed by atoms with Crippen LogP contribution in [0.5, 0.6) is 0 Å². The van der Waals surface area contributed by atoms with Crippen molar-refractivity contribution in [3.8, 4) is 0 Å². The fourth-order valence-corrected chi connectivity index (χ4v) is 1.98. The summed E-state index contributed by atoms with van der Waals surface area (Å²) in [4.78, 5) is 19.5. The molecular weight excluding hydrogens is 304 g/mol. The number of aliphatic carboxylic acids is 1. The molecule has 0 bridgehead atoms. The first kappa shape index (κ1) is 24.7.